The smallest absolute Gasteiger partial charge is 0.229 e. The maximum absolute atomic E-state index is 13.1. The Bertz CT molecular complexity index is 1030. The second-order valence-electron chi connectivity index (χ2n) is 5.65. The number of nitrogens with one attached hydrogen (secondary N) is 2. The Morgan fingerprint density at radius 3 is 2.56 bits per heavy atom. The normalized spacial score (nSPS) is 10.8. The Morgan fingerprint density at radius 1 is 1.00 bits per heavy atom. The van der Waals surface area contributed by atoms with Crippen molar-refractivity contribution in [1.29, 1.82) is 0 Å². The minimum atomic E-state index is -0.311. The van der Waals surface area contributed by atoms with E-state index in [0.29, 0.717) is 23.3 Å². The third kappa shape index (κ3) is 3.28. The number of hydrogen-bond donors (Lipinski definition) is 2. The molecule has 2 heterocycles. The van der Waals surface area contributed by atoms with Gasteiger partial charge in [-0.1, -0.05) is 18.2 Å². The third-order valence-corrected chi connectivity index (χ3v) is 3.70. The van der Waals surface area contributed by atoms with Gasteiger partial charge in [0.25, 0.3) is 0 Å². The summed E-state index contributed by atoms with van der Waals surface area (Å²) < 4.78 is 19.0. The number of hydrogen-bond acceptors (Lipinski definition) is 4. The molecule has 4 aromatic rings. The number of rotatable bonds is 4. The van der Waals surface area contributed by atoms with Crippen molar-refractivity contribution in [3.8, 4) is 11.6 Å². The average molecular weight is 334 g/mol. The Hall–Kier alpha value is -3.41. The molecule has 25 heavy (non-hydrogen) atoms. The summed E-state index contributed by atoms with van der Waals surface area (Å²) in [6.45, 7) is 1.93. The summed E-state index contributed by atoms with van der Waals surface area (Å²) >= 11 is 0. The maximum Gasteiger partial charge on any atom is 0.229 e. The molecule has 0 bridgehead atoms. The zero-order valence-electron chi connectivity index (χ0n) is 13.5. The number of nitrogens with zero attached hydrogens (tertiary/aromatic N) is 2. The first-order chi connectivity index (χ1) is 12.2. The van der Waals surface area contributed by atoms with E-state index in [1.807, 2.05) is 43.3 Å². The lowest BCUT2D eigenvalue weighted by Crippen LogP contribution is -1.97. The van der Waals surface area contributed by atoms with Crippen LogP contribution in [0.2, 0.25) is 0 Å². The number of benzene rings is 2. The first kappa shape index (κ1) is 15.1. The fraction of sp³-hybridized carbons (Fsp3) is 0.0526. The van der Waals surface area contributed by atoms with Crippen molar-refractivity contribution < 1.29 is 9.13 Å². The molecule has 0 amide bonds. The van der Waals surface area contributed by atoms with Crippen LogP contribution in [0, 0.1) is 12.7 Å². The van der Waals surface area contributed by atoms with Crippen LogP contribution in [-0.2, 0) is 0 Å². The van der Waals surface area contributed by atoms with Crippen LogP contribution >= 0.6 is 0 Å². The first-order valence-corrected chi connectivity index (χ1v) is 7.80. The fourth-order valence-corrected chi connectivity index (χ4v) is 2.54. The van der Waals surface area contributed by atoms with Gasteiger partial charge >= 0.3 is 0 Å². The Kier molecular flexibility index (Phi) is 3.78. The molecule has 0 aliphatic carbocycles. The summed E-state index contributed by atoms with van der Waals surface area (Å²) in [5.74, 6) is 1.94. The molecule has 0 atom stereocenters. The molecule has 6 heteroatoms. The number of H-pyrrole nitrogens is 1. The monoisotopic (exact) mass is 334 g/mol. The van der Waals surface area contributed by atoms with Crippen molar-refractivity contribution in [1.82, 2.24) is 15.2 Å². The van der Waals surface area contributed by atoms with E-state index < -0.39 is 0 Å². The van der Waals surface area contributed by atoms with Crippen LogP contribution in [0.25, 0.3) is 10.8 Å². The van der Waals surface area contributed by atoms with Gasteiger partial charge in [0.2, 0.25) is 5.88 Å². The van der Waals surface area contributed by atoms with Gasteiger partial charge < -0.3 is 10.1 Å². The minimum Gasteiger partial charge on any atom is -0.438 e. The quantitative estimate of drug-likeness (QED) is 0.555. The summed E-state index contributed by atoms with van der Waals surface area (Å²) in [7, 11) is 0. The van der Waals surface area contributed by atoms with Crippen LogP contribution in [0.1, 0.15) is 5.69 Å². The number of anilines is 2. The largest absolute Gasteiger partial charge is 0.438 e. The third-order valence-electron chi connectivity index (χ3n) is 3.70. The number of halogens is 1. The van der Waals surface area contributed by atoms with Crippen molar-refractivity contribution in [2.45, 2.75) is 6.92 Å². The van der Waals surface area contributed by atoms with Crippen LogP contribution in [0.5, 0.6) is 11.6 Å². The lowest BCUT2D eigenvalue weighted by molar-refractivity contribution is 0.468. The van der Waals surface area contributed by atoms with Crippen molar-refractivity contribution in [3.05, 3.63) is 72.2 Å². The molecular weight excluding hydrogens is 319 g/mol. The van der Waals surface area contributed by atoms with Gasteiger partial charge in [-0.3, -0.25) is 5.10 Å². The van der Waals surface area contributed by atoms with Crippen molar-refractivity contribution in [2.24, 2.45) is 0 Å². The molecule has 2 aromatic carbocycles. The summed E-state index contributed by atoms with van der Waals surface area (Å²) in [6.07, 6.45) is 0. The van der Waals surface area contributed by atoms with E-state index in [4.69, 9.17) is 4.74 Å². The predicted octanol–water partition coefficient (Wildman–Crippen LogP) is 4.94. The summed E-state index contributed by atoms with van der Waals surface area (Å²) in [4.78, 5) is 4.54. The molecule has 0 radical (unpaired) electrons. The minimum absolute atomic E-state index is 0.311. The second-order valence-corrected chi connectivity index (χ2v) is 5.65. The van der Waals surface area contributed by atoms with Gasteiger partial charge in [0.15, 0.2) is 5.82 Å². The number of ether oxygens (including phenoxy) is 1. The molecule has 0 aliphatic heterocycles. The number of aromatic nitrogens is 3. The standard InChI is InChI=1S/C19H15FN4O/c1-12-10-18(24-23-12)21-17-11-13-4-2-3-5-16(13)19(22-17)25-15-8-6-14(20)7-9-15/h2-11H,1H3,(H2,21,22,23,24). The van der Waals surface area contributed by atoms with E-state index in [2.05, 4.69) is 20.5 Å². The van der Waals surface area contributed by atoms with Crippen molar-refractivity contribution in [3.63, 3.8) is 0 Å². The van der Waals surface area contributed by atoms with E-state index >= 15 is 0 Å². The fourth-order valence-electron chi connectivity index (χ4n) is 2.54. The van der Waals surface area contributed by atoms with Crippen LogP contribution in [0.15, 0.2) is 60.7 Å². The van der Waals surface area contributed by atoms with Crippen molar-refractivity contribution in [2.75, 3.05) is 5.32 Å². The zero-order chi connectivity index (χ0) is 17.2. The highest BCUT2D eigenvalue weighted by molar-refractivity contribution is 5.89. The summed E-state index contributed by atoms with van der Waals surface area (Å²) in [5, 5.41) is 12.0. The average Bonchev–Trinajstić information content (AvgIpc) is 3.02. The van der Waals surface area contributed by atoms with Gasteiger partial charge in [-0.15, -0.1) is 0 Å². The lowest BCUT2D eigenvalue weighted by atomic mass is 10.1. The SMILES string of the molecule is Cc1cc(Nc2cc3ccccc3c(Oc3ccc(F)cc3)n2)n[nH]1. The summed E-state index contributed by atoms with van der Waals surface area (Å²) in [6, 6.07) is 17.5. The van der Waals surface area contributed by atoms with Gasteiger partial charge in [-0.25, -0.2) is 4.39 Å². The maximum atomic E-state index is 13.1. The Morgan fingerprint density at radius 2 is 1.80 bits per heavy atom. The highest BCUT2D eigenvalue weighted by Gasteiger charge is 2.09. The van der Waals surface area contributed by atoms with Gasteiger partial charge in [0.1, 0.15) is 17.4 Å². The molecule has 124 valence electrons. The molecular formula is C19H15FN4O. The van der Waals surface area contributed by atoms with Gasteiger partial charge in [0, 0.05) is 17.1 Å². The number of aryl methyl sites for hydroxylation is 1. The van der Waals surface area contributed by atoms with Crippen LogP contribution in [0.4, 0.5) is 16.0 Å². The van der Waals surface area contributed by atoms with E-state index in [1.165, 1.54) is 12.1 Å². The summed E-state index contributed by atoms with van der Waals surface area (Å²) in [5.41, 5.74) is 0.950. The number of pyridine rings is 1. The number of aromatic amines is 1. The van der Waals surface area contributed by atoms with E-state index in [-0.39, 0.29) is 5.82 Å². The zero-order valence-corrected chi connectivity index (χ0v) is 13.5. The molecule has 2 aromatic heterocycles. The van der Waals surface area contributed by atoms with E-state index in [9.17, 15) is 4.39 Å². The predicted molar refractivity (Wildman–Crippen MR) is 94.8 cm³/mol. The van der Waals surface area contributed by atoms with Crippen LogP contribution < -0.4 is 10.1 Å². The van der Waals surface area contributed by atoms with E-state index in [0.717, 1.165) is 16.5 Å². The molecule has 0 unspecified atom stereocenters. The molecule has 0 spiro atoms. The molecule has 0 fully saturated rings. The topological polar surface area (TPSA) is 62.8 Å². The van der Waals surface area contributed by atoms with Gasteiger partial charge in [-0.05, 0) is 48.7 Å². The molecule has 2 N–H and O–H groups in total. The molecule has 0 saturated heterocycles. The van der Waals surface area contributed by atoms with Gasteiger partial charge in [-0.2, -0.15) is 10.1 Å². The molecule has 0 saturated carbocycles. The Labute approximate surface area is 143 Å². The molecule has 5 nitrogen and oxygen atoms in total. The second kappa shape index (κ2) is 6.24. The molecule has 0 aliphatic rings. The van der Waals surface area contributed by atoms with Crippen LogP contribution in [-0.4, -0.2) is 15.2 Å². The van der Waals surface area contributed by atoms with Gasteiger partial charge in [0.05, 0.1) is 0 Å². The van der Waals surface area contributed by atoms with Crippen molar-refractivity contribution >= 4 is 22.4 Å². The highest BCUT2D eigenvalue weighted by Crippen LogP contribution is 2.31. The Balaban J connectivity index is 1.74. The molecule has 4 rings (SSSR count). The lowest BCUT2D eigenvalue weighted by Gasteiger charge is -2.11. The first-order valence-electron chi connectivity index (χ1n) is 7.80. The van der Waals surface area contributed by atoms with E-state index in [1.54, 1.807) is 12.1 Å². The van der Waals surface area contributed by atoms with Crippen LogP contribution in [0.3, 0.4) is 0 Å². The number of fused-ring (bicyclic) bond motifs is 1. The highest BCUT2D eigenvalue weighted by atomic mass is 19.1.